The SMILES string of the molecule is COc1cc([C@@H](Cc2ccccc2)NC[C@@H](O)Cc2ccc(O)c(NS(C)(=O)=O)c2)cc(OC)c1OC. The van der Waals surface area contributed by atoms with Gasteiger partial charge >= 0.3 is 0 Å². The van der Waals surface area contributed by atoms with E-state index in [1.54, 1.807) is 27.4 Å². The Labute approximate surface area is 218 Å². The van der Waals surface area contributed by atoms with Crippen molar-refractivity contribution in [3.63, 3.8) is 0 Å². The van der Waals surface area contributed by atoms with Crippen LogP contribution in [-0.4, -0.2) is 58.9 Å². The number of sulfonamides is 1. The summed E-state index contributed by atoms with van der Waals surface area (Å²) in [5.74, 6) is 1.38. The van der Waals surface area contributed by atoms with E-state index in [1.807, 2.05) is 42.5 Å². The number of aliphatic hydroxyl groups is 1. The van der Waals surface area contributed by atoms with Crippen molar-refractivity contribution in [1.82, 2.24) is 5.32 Å². The lowest BCUT2D eigenvalue weighted by molar-refractivity contribution is 0.167. The Morgan fingerprint density at radius 3 is 2.08 bits per heavy atom. The largest absolute Gasteiger partial charge is 0.506 e. The van der Waals surface area contributed by atoms with Crippen LogP contribution >= 0.6 is 0 Å². The zero-order chi connectivity index (χ0) is 27.0. The molecule has 3 aromatic carbocycles. The number of anilines is 1. The molecular formula is C27H34N2O7S. The molecule has 0 amide bonds. The number of methoxy groups -OCH3 is 3. The van der Waals surface area contributed by atoms with Crippen molar-refractivity contribution in [3.05, 3.63) is 77.4 Å². The average Bonchev–Trinajstić information content (AvgIpc) is 2.87. The highest BCUT2D eigenvalue weighted by molar-refractivity contribution is 7.92. The fourth-order valence-corrected chi connectivity index (χ4v) is 4.64. The van der Waals surface area contributed by atoms with E-state index >= 15 is 0 Å². The zero-order valence-electron chi connectivity index (χ0n) is 21.4. The molecule has 3 aromatic rings. The second-order valence-electron chi connectivity index (χ2n) is 8.69. The van der Waals surface area contributed by atoms with E-state index in [4.69, 9.17) is 14.2 Å². The number of aromatic hydroxyl groups is 1. The number of hydrogen-bond donors (Lipinski definition) is 4. The highest BCUT2D eigenvalue weighted by atomic mass is 32.2. The molecule has 0 spiro atoms. The van der Waals surface area contributed by atoms with Gasteiger partial charge in [-0.2, -0.15) is 0 Å². The number of phenolic OH excluding ortho intramolecular Hbond substituents is 1. The maximum Gasteiger partial charge on any atom is 0.229 e. The van der Waals surface area contributed by atoms with Crippen LogP contribution in [0, 0.1) is 0 Å². The third-order valence-electron chi connectivity index (χ3n) is 5.80. The van der Waals surface area contributed by atoms with Gasteiger partial charge in [-0.1, -0.05) is 36.4 Å². The van der Waals surface area contributed by atoms with Crippen LogP contribution in [0.3, 0.4) is 0 Å². The summed E-state index contributed by atoms with van der Waals surface area (Å²) in [6, 6.07) is 18.1. The fourth-order valence-electron chi connectivity index (χ4n) is 4.07. The first-order valence-corrected chi connectivity index (χ1v) is 13.6. The van der Waals surface area contributed by atoms with Gasteiger partial charge in [-0.15, -0.1) is 0 Å². The molecule has 0 unspecified atom stereocenters. The first kappa shape index (κ1) is 28.1. The summed E-state index contributed by atoms with van der Waals surface area (Å²) in [6.07, 6.45) is 1.12. The smallest absolute Gasteiger partial charge is 0.229 e. The van der Waals surface area contributed by atoms with Gasteiger partial charge in [0.25, 0.3) is 0 Å². The number of phenols is 1. The Balaban J connectivity index is 1.81. The molecule has 0 aliphatic heterocycles. The van der Waals surface area contributed by atoms with Gasteiger partial charge in [-0.3, -0.25) is 4.72 Å². The van der Waals surface area contributed by atoms with Crippen molar-refractivity contribution in [2.75, 3.05) is 38.9 Å². The third kappa shape index (κ3) is 8.01. The first-order valence-electron chi connectivity index (χ1n) is 11.7. The van der Waals surface area contributed by atoms with Crippen molar-refractivity contribution in [1.29, 1.82) is 0 Å². The molecule has 0 aromatic heterocycles. The van der Waals surface area contributed by atoms with E-state index < -0.39 is 16.1 Å². The summed E-state index contributed by atoms with van der Waals surface area (Å²) in [5.41, 5.74) is 2.75. The zero-order valence-corrected chi connectivity index (χ0v) is 22.2. The number of aliphatic hydroxyl groups excluding tert-OH is 1. The highest BCUT2D eigenvalue weighted by Gasteiger charge is 2.20. The third-order valence-corrected chi connectivity index (χ3v) is 6.39. The van der Waals surface area contributed by atoms with Crippen LogP contribution in [0.15, 0.2) is 60.7 Å². The normalized spacial score (nSPS) is 13.0. The lowest BCUT2D eigenvalue weighted by atomic mass is 9.97. The van der Waals surface area contributed by atoms with Crippen molar-refractivity contribution < 1.29 is 32.8 Å². The molecular weight excluding hydrogens is 496 g/mol. The van der Waals surface area contributed by atoms with Crippen LogP contribution in [0.1, 0.15) is 22.7 Å². The predicted octanol–water partition coefficient (Wildman–Crippen LogP) is 3.27. The van der Waals surface area contributed by atoms with Crippen LogP contribution in [0.2, 0.25) is 0 Å². The molecule has 9 nitrogen and oxygen atoms in total. The van der Waals surface area contributed by atoms with Gasteiger partial charge in [0.1, 0.15) is 5.75 Å². The second-order valence-corrected chi connectivity index (χ2v) is 10.4. The summed E-state index contributed by atoms with van der Waals surface area (Å²) in [5, 5.41) is 24.2. The van der Waals surface area contributed by atoms with Crippen LogP contribution < -0.4 is 24.2 Å². The van der Waals surface area contributed by atoms with Gasteiger partial charge in [-0.25, -0.2) is 8.42 Å². The monoisotopic (exact) mass is 530 g/mol. The number of benzene rings is 3. The summed E-state index contributed by atoms with van der Waals surface area (Å²) < 4.78 is 41.9. The van der Waals surface area contributed by atoms with Gasteiger partial charge < -0.3 is 29.7 Å². The molecule has 2 atom stereocenters. The maximum atomic E-state index is 11.6. The van der Waals surface area contributed by atoms with Crippen LogP contribution in [0.5, 0.6) is 23.0 Å². The molecule has 0 heterocycles. The molecule has 37 heavy (non-hydrogen) atoms. The van der Waals surface area contributed by atoms with Gasteiger partial charge in [-0.05, 0) is 53.8 Å². The molecule has 0 bridgehead atoms. The minimum absolute atomic E-state index is 0.0690. The molecule has 0 radical (unpaired) electrons. The van der Waals surface area contributed by atoms with Crippen LogP contribution in [-0.2, 0) is 22.9 Å². The fraction of sp³-hybridized carbons (Fsp3) is 0.333. The van der Waals surface area contributed by atoms with Gasteiger partial charge in [0.2, 0.25) is 15.8 Å². The summed E-state index contributed by atoms with van der Waals surface area (Å²) in [7, 11) is 1.12. The quantitative estimate of drug-likeness (QED) is 0.248. The maximum absolute atomic E-state index is 11.6. The minimum Gasteiger partial charge on any atom is -0.506 e. The van der Waals surface area contributed by atoms with E-state index in [1.165, 1.54) is 12.1 Å². The standard InChI is InChI=1S/C27H34N2O7S/c1-34-25-15-20(16-26(35-2)27(25)36-3)22(13-18-8-6-5-7-9-18)28-17-21(30)12-19-10-11-24(31)23(14-19)29-37(4,32)33/h5-11,14-16,21-22,28-31H,12-13,17H2,1-4H3/t21-,22+/m0/s1. The molecule has 3 rings (SSSR count). The molecule has 4 N–H and O–H groups in total. The van der Waals surface area contributed by atoms with Gasteiger partial charge in [0.15, 0.2) is 11.5 Å². The Hall–Kier alpha value is -3.47. The number of hydrogen-bond acceptors (Lipinski definition) is 8. The van der Waals surface area contributed by atoms with E-state index in [9.17, 15) is 18.6 Å². The Morgan fingerprint density at radius 1 is 0.865 bits per heavy atom. The predicted molar refractivity (Wildman–Crippen MR) is 143 cm³/mol. The van der Waals surface area contributed by atoms with Crippen LogP contribution in [0.4, 0.5) is 5.69 Å². The molecule has 0 aliphatic carbocycles. The van der Waals surface area contributed by atoms with Gasteiger partial charge in [0.05, 0.1) is 39.4 Å². The number of ether oxygens (including phenoxy) is 3. The van der Waals surface area contributed by atoms with Crippen molar-refractivity contribution in [3.8, 4) is 23.0 Å². The first-order chi connectivity index (χ1) is 17.6. The summed E-state index contributed by atoms with van der Waals surface area (Å²) in [6.45, 7) is 0.254. The van der Waals surface area contributed by atoms with Crippen molar-refractivity contribution >= 4 is 15.7 Å². The minimum atomic E-state index is -3.56. The highest BCUT2D eigenvalue weighted by Crippen LogP contribution is 2.40. The van der Waals surface area contributed by atoms with E-state index in [0.717, 1.165) is 17.4 Å². The lowest BCUT2D eigenvalue weighted by Gasteiger charge is -2.24. The molecule has 0 aliphatic rings. The van der Waals surface area contributed by atoms with E-state index in [2.05, 4.69) is 10.0 Å². The lowest BCUT2D eigenvalue weighted by Crippen LogP contribution is -2.32. The van der Waals surface area contributed by atoms with E-state index in [0.29, 0.717) is 29.2 Å². The summed E-state index contributed by atoms with van der Waals surface area (Å²) in [4.78, 5) is 0. The molecule has 0 fully saturated rings. The second kappa shape index (κ2) is 12.7. The van der Waals surface area contributed by atoms with Crippen molar-refractivity contribution in [2.24, 2.45) is 0 Å². The number of nitrogens with one attached hydrogen (secondary N) is 2. The molecule has 0 saturated carbocycles. The van der Waals surface area contributed by atoms with E-state index in [-0.39, 0.29) is 30.4 Å². The van der Waals surface area contributed by atoms with Crippen molar-refractivity contribution in [2.45, 2.75) is 25.0 Å². The summed E-state index contributed by atoms with van der Waals surface area (Å²) >= 11 is 0. The Kier molecular flexibility index (Phi) is 9.62. The molecule has 0 saturated heterocycles. The van der Waals surface area contributed by atoms with Crippen LogP contribution in [0.25, 0.3) is 0 Å². The molecule has 10 heteroatoms. The molecule has 200 valence electrons. The average molecular weight is 531 g/mol. The topological polar surface area (TPSA) is 126 Å². The van der Waals surface area contributed by atoms with Gasteiger partial charge in [0, 0.05) is 12.6 Å². The Bertz CT molecular complexity index is 1260. The number of rotatable bonds is 13. The Morgan fingerprint density at radius 2 is 1.51 bits per heavy atom.